The highest BCUT2D eigenvalue weighted by atomic mass is 35.5. The van der Waals surface area contributed by atoms with Crippen LogP contribution in [0.3, 0.4) is 0 Å². The van der Waals surface area contributed by atoms with Crippen molar-refractivity contribution in [2.45, 2.75) is 13.3 Å². The molecule has 0 aliphatic carbocycles. The molecule has 0 fully saturated rings. The van der Waals surface area contributed by atoms with E-state index in [0.29, 0.717) is 28.0 Å². The van der Waals surface area contributed by atoms with E-state index in [-0.39, 0.29) is 16.8 Å². The van der Waals surface area contributed by atoms with E-state index in [1.807, 2.05) is 12.1 Å². The zero-order valence-electron chi connectivity index (χ0n) is 11.8. The number of H-pyrrole nitrogens is 1. The Morgan fingerprint density at radius 1 is 1.18 bits per heavy atom. The average Bonchev–Trinajstić information content (AvgIpc) is 2.49. The van der Waals surface area contributed by atoms with Gasteiger partial charge in [0.2, 0.25) is 0 Å². The quantitative estimate of drug-likeness (QED) is 0.752. The number of hydrogen-bond donors (Lipinski definition) is 2. The maximum atomic E-state index is 13.8. The molecule has 0 aliphatic heterocycles. The second-order valence-electron chi connectivity index (χ2n) is 5.18. The van der Waals surface area contributed by atoms with E-state index in [9.17, 15) is 14.3 Å². The minimum Gasteiger partial charge on any atom is -0.507 e. The van der Waals surface area contributed by atoms with Crippen molar-refractivity contribution < 1.29 is 9.50 Å². The molecule has 0 saturated carbocycles. The highest BCUT2D eigenvalue weighted by molar-refractivity contribution is 6.30. The van der Waals surface area contributed by atoms with E-state index >= 15 is 0 Å². The minimum absolute atomic E-state index is 0.0300. The number of aromatic hydroxyl groups is 1. The molecule has 2 N–H and O–H groups in total. The van der Waals surface area contributed by atoms with Crippen molar-refractivity contribution in [2.24, 2.45) is 0 Å². The number of hydrogen-bond acceptors (Lipinski definition) is 2. The molecule has 5 heteroatoms. The second kappa shape index (κ2) is 5.46. The first-order valence-electron chi connectivity index (χ1n) is 6.74. The van der Waals surface area contributed by atoms with Gasteiger partial charge >= 0.3 is 0 Å². The van der Waals surface area contributed by atoms with Gasteiger partial charge < -0.3 is 10.1 Å². The standard InChI is InChI=1S/C17H13ClFNO2/c1-9-12(8-10-2-4-11(18)5-3-10)17(22)20-16-13(19)6-7-14(21)15(9)16/h2-7,21H,8H2,1H3,(H,20,22). The summed E-state index contributed by atoms with van der Waals surface area (Å²) < 4.78 is 13.8. The van der Waals surface area contributed by atoms with Gasteiger partial charge in [0.25, 0.3) is 5.56 Å². The summed E-state index contributed by atoms with van der Waals surface area (Å²) in [4.78, 5) is 14.8. The molecular weight excluding hydrogens is 305 g/mol. The van der Waals surface area contributed by atoms with Gasteiger partial charge in [-0.2, -0.15) is 0 Å². The summed E-state index contributed by atoms with van der Waals surface area (Å²) in [7, 11) is 0. The highest BCUT2D eigenvalue weighted by Gasteiger charge is 2.15. The summed E-state index contributed by atoms with van der Waals surface area (Å²) in [5.74, 6) is -0.617. The van der Waals surface area contributed by atoms with Crippen LogP contribution in [0.4, 0.5) is 4.39 Å². The van der Waals surface area contributed by atoms with Crippen LogP contribution in [-0.4, -0.2) is 10.1 Å². The number of phenols is 1. The lowest BCUT2D eigenvalue weighted by molar-refractivity contribution is 0.479. The fraction of sp³-hybridized carbons (Fsp3) is 0.118. The van der Waals surface area contributed by atoms with Crippen LogP contribution >= 0.6 is 11.6 Å². The zero-order chi connectivity index (χ0) is 15.9. The van der Waals surface area contributed by atoms with Crippen LogP contribution in [0.25, 0.3) is 10.9 Å². The smallest absolute Gasteiger partial charge is 0.252 e. The first-order valence-corrected chi connectivity index (χ1v) is 7.12. The maximum Gasteiger partial charge on any atom is 0.252 e. The summed E-state index contributed by atoms with van der Waals surface area (Å²) in [6.45, 7) is 1.71. The van der Waals surface area contributed by atoms with Gasteiger partial charge in [-0.3, -0.25) is 4.79 Å². The molecule has 1 heterocycles. The van der Waals surface area contributed by atoms with Crippen molar-refractivity contribution in [3.05, 3.63) is 74.3 Å². The zero-order valence-corrected chi connectivity index (χ0v) is 12.5. The predicted octanol–water partition coefficient (Wildman–Crippen LogP) is 3.93. The Bertz CT molecular complexity index is 917. The van der Waals surface area contributed by atoms with Crippen molar-refractivity contribution in [3.63, 3.8) is 0 Å². The number of phenolic OH excluding ortho intramolecular Hbond substituents is 1. The van der Waals surface area contributed by atoms with Crippen molar-refractivity contribution in [3.8, 4) is 5.75 Å². The van der Waals surface area contributed by atoms with E-state index in [4.69, 9.17) is 11.6 Å². The number of pyridine rings is 1. The van der Waals surface area contributed by atoms with Gasteiger partial charge in [0.15, 0.2) is 0 Å². The third kappa shape index (κ3) is 2.46. The summed E-state index contributed by atoms with van der Waals surface area (Å²) >= 11 is 5.85. The number of aromatic amines is 1. The average molecular weight is 318 g/mol. The SMILES string of the molecule is Cc1c(Cc2ccc(Cl)cc2)c(=O)[nH]c2c(F)ccc(O)c12. The predicted molar refractivity (Wildman–Crippen MR) is 85.2 cm³/mol. The Balaban J connectivity index is 2.20. The van der Waals surface area contributed by atoms with Crippen LogP contribution in [0, 0.1) is 12.7 Å². The fourth-order valence-electron chi connectivity index (χ4n) is 2.60. The maximum absolute atomic E-state index is 13.8. The summed E-state index contributed by atoms with van der Waals surface area (Å²) in [5, 5.41) is 10.9. The number of rotatable bonds is 2. The van der Waals surface area contributed by atoms with E-state index in [1.54, 1.807) is 19.1 Å². The summed E-state index contributed by atoms with van der Waals surface area (Å²) in [6.07, 6.45) is 0.379. The number of aryl methyl sites for hydroxylation is 1. The van der Waals surface area contributed by atoms with Crippen molar-refractivity contribution in [1.82, 2.24) is 4.98 Å². The molecule has 0 amide bonds. The van der Waals surface area contributed by atoms with E-state index in [0.717, 1.165) is 11.6 Å². The Morgan fingerprint density at radius 2 is 1.86 bits per heavy atom. The molecule has 0 saturated heterocycles. The summed E-state index contributed by atoms with van der Waals surface area (Å²) in [6, 6.07) is 9.58. The van der Waals surface area contributed by atoms with Crippen LogP contribution in [0.1, 0.15) is 16.7 Å². The number of halogens is 2. The number of benzene rings is 2. The topological polar surface area (TPSA) is 53.1 Å². The van der Waals surface area contributed by atoms with Crippen molar-refractivity contribution in [2.75, 3.05) is 0 Å². The molecule has 0 radical (unpaired) electrons. The molecule has 112 valence electrons. The third-order valence-electron chi connectivity index (χ3n) is 3.77. The fourth-order valence-corrected chi connectivity index (χ4v) is 2.72. The Kier molecular flexibility index (Phi) is 3.62. The Labute approximate surface area is 131 Å². The van der Waals surface area contributed by atoms with Gasteiger partial charge in [-0.15, -0.1) is 0 Å². The van der Waals surface area contributed by atoms with E-state index in [2.05, 4.69) is 4.98 Å². The molecular formula is C17H13ClFNO2. The van der Waals surface area contributed by atoms with Crippen LogP contribution in [0.15, 0.2) is 41.2 Å². The monoisotopic (exact) mass is 317 g/mol. The van der Waals surface area contributed by atoms with Crippen LogP contribution < -0.4 is 5.56 Å². The van der Waals surface area contributed by atoms with Gasteiger partial charge in [0.05, 0.1) is 5.52 Å². The first kappa shape index (κ1) is 14.6. The summed E-state index contributed by atoms with van der Waals surface area (Å²) in [5.41, 5.74) is 1.65. The van der Waals surface area contributed by atoms with Crippen molar-refractivity contribution >= 4 is 22.5 Å². The molecule has 3 nitrogen and oxygen atoms in total. The Morgan fingerprint density at radius 3 is 2.55 bits per heavy atom. The molecule has 3 aromatic rings. The van der Waals surface area contributed by atoms with Crippen molar-refractivity contribution in [1.29, 1.82) is 0 Å². The first-order chi connectivity index (χ1) is 10.5. The van der Waals surface area contributed by atoms with Gasteiger partial charge in [-0.05, 0) is 42.3 Å². The van der Waals surface area contributed by atoms with Crippen LogP contribution in [0.2, 0.25) is 5.02 Å². The lowest BCUT2D eigenvalue weighted by Gasteiger charge is -2.11. The van der Waals surface area contributed by atoms with Crippen LogP contribution in [-0.2, 0) is 6.42 Å². The molecule has 1 aromatic heterocycles. The number of fused-ring (bicyclic) bond motifs is 1. The molecule has 22 heavy (non-hydrogen) atoms. The molecule has 3 rings (SSSR count). The van der Waals surface area contributed by atoms with Gasteiger partial charge in [0, 0.05) is 22.4 Å². The molecule has 0 unspecified atom stereocenters. The Hall–Kier alpha value is -2.33. The van der Waals surface area contributed by atoms with Gasteiger partial charge in [-0.1, -0.05) is 23.7 Å². The lowest BCUT2D eigenvalue weighted by Crippen LogP contribution is -2.16. The highest BCUT2D eigenvalue weighted by Crippen LogP contribution is 2.29. The molecule has 0 bridgehead atoms. The van der Waals surface area contributed by atoms with Gasteiger partial charge in [0.1, 0.15) is 11.6 Å². The second-order valence-corrected chi connectivity index (χ2v) is 5.61. The number of nitrogens with one attached hydrogen (secondary N) is 1. The molecule has 0 spiro atoms. The van der Waals surface area contributed by atoms with E-state index in [1.165, 1.54) is 6.07 Å². The largest absolute Gasteiger partial charge is 0.507 e. The lowest BCUT2D eigenvalue weighted by atomic mass is 9.98. The molecule has 0 atom stereocenters. The third-order valence-corrected chi connectivity index (χ3v) is 4.02. The normalized spacial score (nSPS) is 11.0. The van der Waals surface area contributed by atoms with Gasteiger partial charge in [-0.25, -0.2) is 4.39 Å². The van der Waals surface area contributed by atoms with E-state index < -0.39 is 5.82 Å². The number of aromatic nitrogens is 1. The molecule has 2 aromatic carbocycles. The van der Waals surface area contributed by atoms with Crippen LogP contribution in [0.5, 0.6) is 5.75 Å². The minimum atomic E-state index is -0.564. The molecule has 0 aliphatic rings.